The summed E-state index contributed by atoms with van der Waals surface area (Å²) in [4.78, 5) is 30.1. The standard InChI is InChI=1S/C15H22BrN5O4.CH3NO/c1-15(2,3)25-14(22)21(4)5-6-23-7-8-24-13-17-9-10-11(18-13)12(16)20-19-10;2-1-3/h9H,5-8H2,1-4H3,(H,19,20);1H,(H2,2,3). The summed E-state index contributed by atoms with van der Waals surface area (Å²) in [7, 11) is 1.67. The minimum atomic E-state index is -0.509. The molecule has 11 nitrogen and oxygen atoms in total. The molecule has 0 bridgehead atoms. The van der Waals surface area contributed by atoms with Crippen LogP contribution in [-0.2, 0) is 14.3 Å². The van der Waals surface area contributed by atoms with E-state index in [4.69, 9.17) is 19.0 Å². The summed E-state index contributed by atoms with van der Waals surface area (Å²) < 4.78 is 16.8. The van der Waals surface area contributed by atoms with Crippen LogP contribution in [-0.4, -0.2) is 76.6 Å². The molecular formula is C16H25BrN6O5. The number of primary amides is 1. The number of carbonyl (C=O) groups excluding carboxylic acids is 2. The van der Waals surface area contributed by atoms with Crippen molar-refractivity contribution in [3.05, 3.63) is 10.8 Å². The van der Waals surface area contributed by atoms with Gasteiger partial charge in [-0.2, -0.15) is 10.1 Å². The lowest BCUT2D eigenvalue weighted by molar-refractivity contribution is -0.106. The van der Waals surface area contributed by atoms with E-state index in [0.717, 1.165) is 0 Å². The predicted molar refractivity (Wildman–Crippen MR) is 105 cm³/mol. The summed E-state index contributed by atoms with van der Waals surface area (Å²) >= 11 is 3.32. The molecule has 2 aromatic heterocycles. The minimum absolute atomic E-state index is 0.250. The Morgan fingerprint density at radius 3 is 2.68 bits per heavy atom. The molecular weight excluding hydrogens is 436 g/mol. The highest BCUT2D eigenvalue weighted by atomic mass is 79.9. The smallest absolute Gasteiger partial charge is 0.410 e. The van der Waals surface area contributed by atoms with Crippen LogP contribution in [0.2, 0.25) is 0 Å². The number of aromatic nitrogens is 4. The average Bonchev–Trinajstić information content (AvgIpc) is 2.97. The molecule has 0 aliphatic heterocycles. The molecule has 0 saturated heterocycles. The number of halogens is 1. The Hall–Kier alpha value is -2.47. The van der Waals surface area contributed by atoms with Gasteiger partial charge in [-0.25, -0.2) is 9.78 Å². The van der Waals surface area contributed by atoms with Crippen LogP contribution in [0.15, 0.2) is 10.8 Å². The van der Waals surface area contributed by atoms with Crippen molar-refractivity contribution in [1.82, 2.24) is 25.1 Å². The van der Waals surface area contributed by atoms with Gasteiger partial charge < -0.3 is 24.8 Å². The van der Waals surface area contributed by atoms with Gasteiger partial charge in [-0.05, 0) is 36.7 Å². The number of rotatable bonds is 7. The lowest BCUT2D eigenvalue weighted by Gasteiger charge is -2.24. The Balaban J connectivity index is 0.00000122. The number of fused-ring (bicyclic) bond motifs is 1. The fourth-order valence-electron chi connectivity index (χ4n) is 1.76. The number of aromatic amines is 1. The Morgan fingerprint density at radius 2 is 2.04 bits per heavy atom. The van der Waals surface area contributed by atoms with Gasteiger partial charge in [0.25, 0.3) is 0 Å². The summed E-state index contributed by atoms with van der Waals surface area (Å²) in [6.45, 7) is 6.95. The van der Waals surface area contributed by atoms with Gasteiger partial charge in [-0.15, -0.1) is 0 Å². The number of likely N-dealkylation sites (N-methyl/N-ethyl adjacent to an activating group) is 1. The van der Waals surface area contributed by atoms with E-state index >= 15 is 0 Å². The van der Waals surface area contributed by atoms with E-state index in [9.17, 15) is 4.79 Å². The van der Waals surface area contributed by atoms with E-state index in [1.165, 1.54) is 4.90 Å². The van der Waals surface area contributed by atoms with E-state index in [1.807, 2.05) is 20.8 Å². The van der Waals surface area contributed by atoms with Crippen molar-refractivity contribution in [2.75, 3.05) is 33.4 Å². The van der Waals surface area contributed by atoms with Crippen molar-refractivity contribution in [2.45, 2.75) is 26.4 Å². The molecule has 2 aromatic rings. The second-order valence-corrected chi connectivity index (χ2v) is 7.22. The number of amides is 2. The van der Waals surface area contributed by atoms with Gasteiger partial charge in [-0.3, -0.25) is 9.89 Å². The third-order valence-corrected chi connectivity index (χ3v) is 3.52. The monoisotopic (exact) mass is 460 g/mol. The molecule has 3 N–H and O–H groups in total. The predicted octanol–water partition coefficient (Wildman–Crippen LogP) is 1.48. The second kappa shape index (κ2) is 11.4. The fraction of sp³-hybridized carbons (Fsp3) is 0.562. The van der Waals surface area contributed by atoms with Gasteiger partial charge in [0.1, 0.15) is 27.8 Å². The van der Waals surface area contributed by atoms with E-state index < -0.39 is 5.60 Å². The molecule has 12 heteroatoms. The number of nitrogens with zero attached hydrogens (tertiary/aromatic N) is 4. The van der Waals surface area contributed by atoms with Crippen molar-refractivity contribution in [3.8, 4) is 6.01 Å². The van der Waals surface area contributed by atoms with Crippen LogP contribution in [0.4, 0.5) is 4.79 Å². The summed E-state index contributed by atoms with van der Waals surface area (Å²) in [6, 6.07) is 0.254. The van der Waals surface area contributed by atoms with Gasteiger partial charge in [-0.1, -0.05) is 0 Å². The number of ether oxygens (including phenoxy) is 3. The van der Waals surface area contributed by atoms with Crippen LogP contribution < -0.4 is 10.5 Å². The highest BCUT2D eigenvalue weighted by Crippen LogP contribution is 2.19. The summed E-state index contributed by atoms with van der Waals surface area (Å²) in [6.07, 6.45) is 1.45. The molecule has 0 spiro atoms. The van der Waals surface area contributed by atoms with Gasteiger partial charge in [0.2, 0.25) is 6.41 Å². The number of hydrogen-bond acceptors (Lipinski definition) is 8. The van der Waals surface area contributed by atoms with Crippen molar-refractivity contribution in [1.29, 1.82) is 0 Å². The number of hydrogen-bond donors (Lipinski definition) is 2. The van der Waals surface area contributed by atoms with Gasteiger partial charge in [0.15, 0.2) is 0 Å². The number of H-pyrrole nitrogens is 1. The first-order valence-corrected chi connectivity index (χ1v) is 9.14. The molecule has 156 valence electrons. The van der Waals surface area contributed by atoms with Crippen LogP contribution in [0.5, 0.6) is 6.01 Å². The molecule has 28 heavy (non-hydrogen) atoms. The molecule has 0 saturated carbocycles. The highest BCUT2D eigenvalue weighted by molar-refractivity contribution is 9.10. The van der Waals surface area contributed by atoms with Crippen LogP contribution in [0.3, 0.4) is 0 Å². The first-order chi connectivity index (χ1) is 13.2. The first kappa shape index (κ1) is 23.6. The molecule has 0 fully saturated rings. The molecule has 0 aromatic carbocycles. The molecule has 0 aliphatic rings. The largest absolute Gasteiger partial charge is 0.461 e. The molecule has 2 rings (SSSR count). The molecule has 0 atom stereocenters. The number of nitrogens with two attached hydrogens (primary N) is 1. The fourth-order valence-corrected chi connectivity index (χ4v) is 2.14. The topological polar surface area (TPSA) is 146 Å². The van der Waals surface area contributed by atoms with Gasteiger partial charge in [0, 0.05) is 13.6 Å². The Morgan fingerprint density at radius 1 is 1.36 bits per heavy atom. The SMILES string of the molecule is CN(CCOCCOc1ncc2n[nH]c(Br)c2n1)C(=O)OC(C)(C)C.NC=O. The molecule has 0 aliphatic carbocycles. The Kier molecular flexibility index (Phi) is 9.59. The van der Waals surface area contributed by atoms with E-state index in [-0.39, 0.29) is 18.5 Å². The van der Waals surface area contributed by atoms with Crippen molar-refractivity contribution >= 4 is 39.5 Å². The van der Waals surface area contributed by atoms with Crippen LogP contribution in [0.25, 0.3) is 11.0 Å². The van der Waals surface area contributed by atoms with Gasteiger partial charge in [0.05, 0.1) is 19.4 Å². The molecule has 2 amide bonds. The number of carbonyl (C=O) groups is 2. The van der Waals surface area contributed by atoms with Crippen LogP contribution in [0, 0.1) is 0 Å². The van der Waals surface area contributed by atoms with Crippen molar-refractivity contribution in [3.63, 3.8) is 0 Å². The zero-order valence-electron chi connectivity index (χ0n) is 16.3. The van der Waals surface area contributed by atoms with E-state index in [0.29, 0.717) is 42.0 Å². The van der Waals surface area contributed by atoms with Crippen LogP contribution in [0.1, 0.15) is 20.8 Å². The highest BCUT2D eigenvalue weighted by Gasteiger charge is 2.19. The summed E-state index contributed by atoms with van der Waals surface area (Å²) in [5, 5.41) is 6.78. The normalized spacial score (nSPS) is 10.8. The maximum Gasteiger partial charge on any atom is 0.410 e. The molecule has 0 radical (unpaired) electrons. The van der Waals surface area contributed by atoms with Crippen molar-refractivity contribution in [2.24, 2.45) is 5.73 Å². The lowest BCUT2D eigenvalue weighted by atomic mass is 10.2. The van der Waals surface area contributed by atoms with E-state index in [2.05, 4.69) is 41.8 Å². The van der Waals surface area contributed by atoms with Gasteiger partial charge >= 0.3 is 12.1 Å². The van der Waals surface area contributed by atoms with Crippen molar-refractivity contribution < 1.29 is 23.8 Å². The third-order valence-electron chi connectivity index (χ3n) is 2.96. The maximum atomic E-state index is 11.8. The first-order valence-electron chi connectivity index (χ1n) is 8.34. The Bertz CT molecular complexity index is 764. The van der Waals surface area contributed by atoms with Crippen LogP contribution >= 0.6 is 15.9 Å². The Labute approximate surface area is 171 Å². The quantitative estimate of drug-likeness (QED) is 0.466. The zero-order valence-corrected chi connectivity index (χ0v) is 17.9. The maximum absolute atomic E-state index is 11.8. The summed E-state index contributed by atoms with van der Waals surface area (Å²) in [5.74, 6) is 0. The molecule has 0 unspecified atom stereocenters. The summed E-state index contributed by atoms with van der Waals surface area (Å²) in [5.41, 5.74) is 4.97. The average molecular weight is 461 g/mol. The minimum Gasteiger partial charge on any atom is -0.461 e. The molecule has 2 heterocycles. The number of nitrogens with one attached hydrogen (secondary N) is 1. The third kappa shape index (κ3) is 8.48. The zero-order chi connectivity index (χ0) is 21.2. The second-order valence-electron chi connectivity index (χ2n) is 6.42. The lowest BCUT2D eigenvalue weighted by Crippen LogP contribution is -2.36. The van der Waals surface area contributed by atoms with E-state index in [1.54, 1.807) is 13.2 Å².